The van der Waals surface area contributed by atoms with Gasteiger partial charge in [-0.1, -0.05) is 35.3 Å². The van der Waals surface area contributed by atoms with Gasteiger partial charge in [0.05, 0.1) is 26.8 Å². The largest absolute Gasteiger partial charge is 0.357 e. The minimum atomic E-state index is 0.0360. The molecule has 186 valence electrons. The Morgan fingerprint density at radius 1 is 0.917 bits per heavy atom. The predicted octanol–water partition coefficient (Wildman–Crippen LogP) is 7.32. The van der Waals surface area contributed by atoms with E-state index in [1.165, 1.54) is 0 Å². The van der Waals surface area contributed by atoms with Gasteiger partial charge in [0.15, 0.2) is 11.4 Å². The fraction of sp³-hybridized carbons (Fsp3) is 0.308. The number of aryl methyl sites for hydroxylation is 2. The lowest BCUT2D eigenvalue weighted by molar-refractivity contribution is -0.793. The van der Waals surface area contributed by atoms with Crippen molar-refractivity contribution in [1.29, 1.82) is 0 Å². The molecule has 0 amide bonds. The van der Waals surface area contributed by atoms with E-state index in [0.717, 1.165) is 39.1 Å². The fourth-order valence-corrected chi connectivity index (χ4v) is 5.36. The van der Waals surface area contributed by atoms with Crippen molar-refractivity contribution in [2.75, 3.05) is 0 Å². The molecular formula is C26H26Cl3N6O+. The summed E-state index contributed by atoms with van der Waals surface area (Å²) in [5.41, 5.74) is 4.71. The first kappa shape index (κ1) is 24.8. The first-order chi connectivity index (χ1) is 17.1. The van der Waals surface area contributed by atoms with E-state index in [4.69, 9.17) is 44.6 Å². The van der Waals surface area contributed by atoms with Gasteiger partial charge in [0.25, 0.3) is 0 Å². The number of nitrogens with zero attached hydrogens (tertiary/aromatic N) is 6. The number of fused-ring (bicyclic) bond motifs is 2. The van der Waals surface area contributed by atoms with Crippen LogP contribution < -0.4 is 9.52 Å². The second-order valence-electron chi connectivity index (χ2n) is 9.35. The molecule has 36 heavy (non-hydrogen) atoms. The summed E-state index contributed by atoms with van der Waals surface area (Å²) in [6.07, 6.45) is 0. The molecule has 0 atom stereocenters. The van der Waals surface area contributed by atoms with Gasteiger partial charge in [-0.15, -0.1) is 4.68 Å². The molecule has 0 aliphatic carbocycles. The Morgan fingerprint density at radius 2 is 1.64 bits per heavy atom. The summed E-state index contributed by atoms with van der Waals surface area (Å²) in [5.74, 6) is 0.624. The molecular weight excluding hydrogens is 519 g/mol. The average molecular weight is 545 g/mol. The number of hydrogen-bond acceptors (Lipinski definition) is 4. The van der Waals surface area contributed by atoms with Gasteiger partial charge in [0.1, 0.15) is 17.1 Å². The highest BCUT2D eigenvalue weighted by atomic mass is 35.5. The molecule has 1 aromatic carbocycles. The minimum Gasteiger partial charge on any atom is -0.343 e. The van der Waals surface area contributed by atoms with Crippen LogP contribution in [0.15, 0.2) is 36.4 Å². The van der Waals surface area contributed by atoms with Crippen molar-refractivity contribution in [3.05, 3.63) is 63.0 Å². The summed E-state index contributed by atoms with van der Waals surface area (Å²) in [6, 6.07) is 11.4. The van der Waals surface area contributed by atoms with Gasteiger partial charge in [-0.25, -0.2) is 9.67 Å². The lowest BCUT2D eigenvalue weighted by Gasteiger charge is -2.13. The van der Waals surface area contributed by atoms with Crippen LogP contribution in [0.2, 0.25) is 15.2 Å². The molecule has 0 unspecified atom stereocenters. The summed E-state index contributed by atoms with van der Waals surface area (Å²) >= 11 is 19.4. The second-order valence-corrected chi connectivity index (χ2v) is 10.6. The number of halogens is 3. The Hall–Kier alpha value is -2.87. The van der Waals surface area contributed by atoms with E-state index in [1.54, 1.807) is 10.9 Å². The van der Waals surface area contributed by atoms with Crippen molar-refractivity contribution in [2.45, 2.75) is 53.6 Å². The highest BCUT2D eigenvalue weighted by molar-refractivity contribution is 6.37. The molecule has 5 rings (SSSR count). The second kappa shape index (κ2) is 9.21. The van der Waals surface area contributed by atoms with Crippen molar-refractivity contribution in [2.24, 2.45) is 0 Å². The Bertz CT molecular complexity index is 1640. The van der Waals surface area contributed by atoms with Gasteiger partial charge in [-0.2, -0.15) is 5.10 Å². The molecule has 4 aromatic heterocycles. The highest BCUT2D eigenvalue weighted by Gasteiger charge is 2.28. The Morgan fingerprint density at radius 3 is 2.33 bits per heavy atom. The summed E-state index contributed by atoms with van der Waals surface area (Å²) in [4.78, 5) is 17.5. The molecule has 7 nitrogen and oxygen atoms in total. The van der Waals surface area contributed by atoms with Crippen molar-refractivity contribution in [3.63, 3.8) is 0 Å². The summed E-state index contributed by atoms with van der Waals surface area (Å²) < 4.78 is 3.84. The lowest BCUT2D eigenvalue weighted by Crippen LogP contribution is -2.48. The van der Waals surface area contributed by atoms with Gasteiger partial charge in [-0.05, 0) is 81.2 Å². The van der Waals surface area contributed by atoms with E-state index in [9.17, 15) is 0 Å². The maximum absolute atomic E-state index is 6.69. The summed E-state index contributed by atoms with van der Waals surface area (Å²) in [5, 5.41) is 7.78. The molecule has 0 fully saturated rings. The number of hydrogen-bond donors (Lipinski definition) is 0. The normalized spacial score (nSPS) is 12.0. The van der Waals surface area contributed by atoms with Crippen LogP contribution in [0, 0.1) is 13.8 Å². The van der Waals surface area contributed by atoms with E-state index in [1.807, 2.05) is 67.4 Å². The predicted molar refractivity (Wildman–Crippen MR) is 144 cm³/mol. The lowest BCUT2D eigenvalue weighted by atomic mass is 10.1. The van der Waals surface area contributed by atoms with E-state index < -0.39 is 0 Å². The van der Waals surface area contributed by atoms with Crippen LogP contribution in [0.5, 0.6) is 5.75 Å². The fourth-order valence-electron chi connectivity index (χ4n) is 4.46. The molecule has 0 saturated carbocycles. The van der Waals surface area contributed by atoms with Gasteiger partial charge >= 0.3 is 5.65 Å². The summed E-state index contributed by atoms with van der Waals surface area (Å²) in [6.45, 7) is 12.1. The van der Waals surface area contributed by atoms with E-state index in [-0.39, 0.29) is 12.1 Å². The molecule has 0 aliphatic heterocycles. The maximum Gasteiger partial charge on any atom is 0.357 e. The van der Waals surface area contributed by atoms with Crippen molar-refractivity contribution in [3.8, 4) is 17.0 Å². The number of rotatable bonds is 5. The molecule has 10 heteroatoms. The monoisotopic (exact) mass is 543 g/mol. The van der Waals surface area contributed by atoms with Gasteiger partial charge < -0.3 is 4.84 Å². The van der Waals surface area contributed by atoms with Crippen LogP contribution in [0.1, 0.15) is 51.2 Å². The van der Waals surface area contributed by atoms with Crippen LogP contribution >= 0.6 is 34.8 Å². The molecule has 0 radical (unpaired) electrons. The van der Waals surface area contributed by atoms with Gasteiger partial charge in [-0.3, -0.25) is 0 Å². The maximum atomic E-state index is 6.69. The zero-order chi connectivity index (χ0) is 25.9. The number of benzene rings is 1. The molecule has 5 aromatic rings. The first-order valence-corrected chi connectivity index (χ1v) is 12.8. The van der Waals surface area contributed by atoms with Crippen LogP contribution in [-0.2, 0) is 0 Å². The standard InChI is InChI=1S/C26H26Cl3N6O/c1-13(2)33-25-23(15(5)32-33)19(27)11-21(30-25)17-8-7-9-18(10-17)36-35-16(6)24-20(28)12-22(29)31-26(24)34(35)14(3)4/h7-14H,1-6H3/q+1. The van der Waals surface area contributed by atoms with Gasteiger partial charge in [0.2, 0.25) is 5.15 Å². The number of pyridine rings is 2. The summed E-state index contributed by atoms with van der Waals surface area (Å²) in [7, 11) is 0. The first-order valence-electron chi connectivity index (χ1n) is 11.7. The van der Waals surface area contributed by atoms with Crippen LogP contribution in [-0.4, -0.2) is 24.6 Å². The average Bonchev–Trinajstić information content (AvgIpc) is 3.28. The molecule has 0 aliphatic rings. The van der Waals surface area contributed by atoms with Crippen molar-refractivity contribution in [1.82, 2.24) is 24.6 Å². The molecule has 4 heterocycles. The Kier molecular flexibility index (Phi) is 6.35. The minimum absolute atomic E-state index is 0.0360. The van der Waals surface area contributed by atoms with Crippen LogP contribution in [0.25, 0.3) is 33.3 Å². The Balaban J connectivity index is 1.62. The SMILES string of the molecule is Cc1nn(C(C)C)c2nc(-c3cccc(On4c(C)c5c(Cl)cc(Cl)nc5[n+]4C(C)C)c3)cc(Cl)c12. The number of aromatic nitrogens is 6. The molecule has 0 bridgehead atoms. The van der Waals surface area contributed by atoms with Crippen LogP contribution in [0.4, 0.5) is 0 Å². The topological polar surface area (TPSA) is 61.6 Å². The van der Waals surface area contributed by atoms with Gasteiger partial charge in [0, 0.05) is 17.7 Å². The van der Waals surface area contributed by atoms with E-state index in [2.05, 4.69) is 23.9 Å². The highest BCUT2D eigenvalue weighted by Crippen LogP contribution is 2.33. The third-order valence-corrected chi connectivity index (χ3v) is 6.86. The van der Waals surface area contributed by atoms with Crippen molar-refractivity contribution >= 4 is 56.9 Å². The quantitative estimate of drug-likeness (QED) is 0.172. The zero-order valence-corrected chi connectivity index (χ0v) is 23.1. The van der Waals surface area contributed by atoms with E-state index in [0.29, 0.717) is 26.6 Å². The van der Waals surface area contributed by atoms with Crippen LogP contribution in [0.3, 0.4) is 0 Å². The zero-order valence-electron chi connectivity index (χ0n) is 20.8. The van der Waals surface area contributed by atoms with E-state index >= 15 is 0 Å². The molecule has 0 N–H and O–H groups in total. The third kappa shape index (κ3) is 4.09. The molecule has 0 saturated heterocycles. The molecule has 0 spiro atoms. The third-order valence-electron chi connectivity index (χ3n) is 6.07. The smallest absolute Gasteiger partial charge is 0.343 e. The Labute approximate surface area is 224 Å². The van der Waals surface area contributed by atoms with Crippen molar-refractivity contribution < 1.29 is 9.52 Å².